The molecular formula is C17H18N2O2S. The molecule has 0 unspecified atom stereocenters. The lowest BCUT2D eigenvalue weighted by molar-refractivity contribution is 0.355. The molecule has 0 radical (unpaired) electrons. The van der Waals surface area contributed by atoms with Crippen molar-refractivity contribution >= 4 is 23.4 Å². The first-order valence-electron chi connectivity index (χ1n) is 6.81. The first-order chi connectivity index (χ1) is 10.7. The van der Waals surface area contributed by atoms with Gasteiger partial charge in [0, 0.05) is 6.42 Å². The summed E-state index contributed by atoms with van der Waals surface area (Å²) in [5.41, 5.74) is 4.92. The van der Waals surface area contributed by atoms with E-state index in [9.17, 15) is 0 Å². The van der Waals surface area contributed by atoms with E-state index in [2.05, 4.69) is 10.5 Å². The van der Waals surface area contributed by atoms with E-state index in [0.717, 1.165) is 11.1 Å². The molecule has 2 aromatic carbocycles. The zero-order chi connectivity index (χ0) is 15.8. The highest BCUT2D eigenvalue weighted by molar-refractivity contribution is 7.80. The van der Waals surface area contributed by atoms with Crippen LogP contribution < -0.4 is 14.9 Å². The third-order valence-electron chi connectivity index (χ3n) is 3.02. The Kier molecular flexibility index (Phi) is 5.91. The van der Waals surface area contributed by atoms with Crippen molar-refractivity contribution in [3.63, 3.8) is 0 Å². The smallest absolute Gasteiger partial charge is 0.161 e. The fourth-order valence-electron chi connectivity index (χ4n) is 1.93. The number of rotatable bonds is 6. The minimum Gasteiger partial charge on any atom is -0.493 e. The number of hydrazone groups is 1. The Morgan fingerprint density at radius 3 is 2.50 bits per heavy atom. The largest absolute Gasteiger partial charge is 0.493 e. The Labute approximate surface area is 135 Å². The van der Waals surface area contributed by atoms with Crippen LogP contribution in [-0.2, 0) is 6.42 Å². The molecule has 0 atom stereocenters. The van der Waals surface area contributed by atoms with E-state index in [0.29, 0.717) is 22.9 Å². The predicted molar refractivity (Wildman–Crippen MR) is 93.0 cm³/mol. The van der Waals surface area contributed by atoms with Gasteiger partial charge in [-0.15, -0.1) is 0 Å². The molecule has 0 amide bonds. The van der Waals surface area contributed by atoms with E-state index in [1.165, 1.54) is 0 Å². The summed E-state index contributed by atoms with van der Waals surface area (Å²) in [4.78, 5) is 0.669. The molecule has 114 valence electrons. The van der Waals surface area contributed by atoms with Gasteiger partial charge >= 0.3 is 0 Å². The summed E-state index contributed by atoms with van der Waals surface area (Å²) in [5, 5.41) is 4.16. The van der Waals surface area contributed by atoms with Crippen molar-refractivity contribution in [3.8, 4) is 11.5 Å². The molecule has 5 heteroatoms. The number of hydrogen-bond acceptors (Lipinski definition) is 4. The summed E-state index contributed by atoms with van der Waals surface area (Å²) in [6, 6.07) is 15.6. The highest BCUT2D eigenvalue weighted by Gasteiger charge is 2.03. The van der Waals surface area contributed by atoms with Gasteiger partial charge in [-0.3, -0.25) is 5.43 Å². The van der Waals surface area contributed by atoms with Gasteiger partial charge in [0.2, 0.25) is 0 Å². The van der Waals surface area contributed by atoms with Gasteiger partial charge in [0.15, 0.2) is 11.5 Å². The third kappa shape index (κ3) is 4.56. The maximum atomic E-state index is 5.27. The summed E-state index contributed by atoms with van der Waals surface area (Å²) in [6.07, 6.45) is 2.36. The minimum absolute atomic E-state index is 0.665. The average Bonchev–Trinajstić information content (AvgIpc) is 2.55. The Hall–Kier alpha value is -2.40. The summed E-state index contributed by atoms with van der Waals surface area (Å²) in [7, 11) is 3.21. The van der Waals surface area contributed by atoms with E-state index < -0.39 is 0 Å². The number of hydrogen-bond donors (Lipinski definition) is 1. The maximum Gasteiger partial charge on any atom is 0.161 e. The Morgan fingerprint density at radius 1 is 1.09 bits per heavy atom. The standard InChI is InChI=1S/C17H18N2O2S/c1-20-15-9-8-14(10-16(15)21-2)12-18-19-17(22)11-13-6-4-3-5-7-13/h3-10,12H,11H2,1-2H3,(H,19,22). The van der Waals surface area contributed by atoms with Crippen LogP contribution in [0.3, 0.4) is 0 Å². The van der Waals surface area contributed by atoms with Gasteiger partial charge in [-0.25, -0.2) is 0 Å². The molecule has 0 heterocycles. The topological polar surface area (TPSA) is 42.8 Å². The Balaban J connectivity index is 1.93. The molecule has 0 aliphatic carbocycles. The first-order valence-corrected chi connectivity index (χ1v) is 7.21. The maximum absolute atomic E-state index is 5.27. The average molecular weight is 314 g/mol. The molecule has 0 aliphatic rings. The van der Waals surface area contributed by atoms with Crippen molar-refractivity contribution in [1.29, 1.82) is 0 Å². The molecule has 0 saturated heterocycles. The van der Waals surface area contributed by atoms with Crippen LogP contribution in [0, 0.1) is 0 Å². The molecular weight excluding hydrogens is 296 g/mol. The van der Waals surface area contributed by atoms with Crippen LogP contribution >= 0.6 is 12.2 Å². The Bertz CT molecular complexity index is 657. The molecule has 0 saturated carbocycles. The number of thiocarbonyl (C=S) groups is 1. The van der Waals surface area contributed by atoms with Crippen LogP contribution in [0.4, 0.5) is 0 Å². The van der Waals surface area contributed by atoms with Gasteiger partial charge in [0.25, 0.3) is 0 Å². The van der Waals surface area contributed by atoms with Gasteiger partial charge < -0.3 is 9.47 Å². The van der Waals surface area contributed by atoms with Crippen molar-refractivity contribution in [2.75, 3.05) is 14.2 Å². The lowest BCUT2D eigenvalue weighted by atomic mass is 10.2. The SMILES string of the molecule is COc1ccc(C=NNC(=S)Cc2ccccc2)cc1OC. The number of nitrogens with one attached hydrogen (secondary N) is 1. The van der Waals surface area contributed by atoms with Crippen molar-refractivity contribution in [2.24, 2.45) is 5.10 Å². The van der Waals surface area contributed by atoms with E-state index in [4.69, 9.17) is 21.7 Å². The van der Waals surface area contributed by atoms with E-state index in [1.807, 2.05) is 48.5 Å². The van der Waals surface area contributed by atoms with Crippen molar-refractivity contribution < 1.29 is 9.47 Å². The Morgan fingerprint density at radius 2 is 1.82 bits per heavy atom. The molecule has 2 rings (SSSR count). The van der Waals surface area contributed by atoms with Gasteiger partial charge in [-0.1, -0.05) is 42.5 Å². The summed E-state index contributed by atoms with van der Waals surface area (Å²) < 4.78 is 10.4. The number of methoxy groups -OCH3 is 2. The number of nitrogens with zero attached hydrogens (tertiary/aromatic N) is 1. The molecule has 22 heavy (non-hydrogen) atoms. The van der Waals surface area contributed by atoms with Crippen LogP contribution in [0.2, 0.25) is 0 Å². The lowest BCUT2D eigenvalue weighted by Crippen LogP contribution is -2.17. The molecule has 0 spiro atoms. The van der Waals surface area contributed by atoms with Gasteiger partial charge in [-0.05, 0) is 29.3 Å². The van der Waals surface area contributed by atoms with Crippen LogP contribution in [0.25, 0.3) is 0 Å². The van der Waals surface area contributed by atoms with E-state index >= 15 is 0 Å². The fraction of sp³-hybridized carbons (Fsp3) is 0.176. The molecule has 0 aliphatic heterocycles. The molecule has 0 bridgehead atoms. The summed E-state index contributed by atoms with van der Waals surface area (Å²) in [5.74, 6) is 1.35. The number of benzene rings is 2. The van der Waals surface area contributed by atoms with Crippen LogP contribution in [0.5, 0.6) is 11.5 Å². The van der Waals surface area contributed by atoms with Crippen LogP contribution in [0.1, 0.15) is 11.1 Å². The lowest BCUT2D eigenvalue weighted by Gasteiger charge is -2.07. The summed E-state index contributed by atoms with van der Waals surface area (Å²) in [6.45, 7) is 0. The van der Waals surface area contributed by atoms with Gasteiger partial charge in [0.05, 0.1) is 20.4 Å². The number of ether oxygens (including phenoxy) is 2. The zero-order valence-electron chi connectivity index (χ0n) is 12.6. The third-order valence-corrected chi connectivity index (χ3v) is 3.25. The highest BCUT2D eigenvalue weighted by Crippen LogP contribution is 2.26. The van der Waals surface area contributed by atoms with Gasteiger partial charge in [-0.2, -0.15) is 5.10 Å². The van der Waals surface area contributed by atoms with Crippen LogP contribution in [0.15, 0.2) is 53.6 Å². The molecule has 0 aromatic heterocycles. The molecule has 2 aromatic rings. The second kappa shape index (κ2) is 8.14. The zero-order valence-corrected chi connectivity index (χ0v) is 13.4. The van der Waals surface area contributed by atoms with Crippen molar-refractivity contribution in [1.82, 2.24) is 5.43 Å². The first kappa shape index (κ1) is 16.0. The van der Waals surface area contributed by atoms with Crippen LogP contribution in [-0.4, -0.2) is 25.4 Å². The van der Waals surface area contributed by atoms with Gasteiger partial charge in [0.1, 0.15) is 4.99 Å². The highest BCUT2D eigenvalue weighted by atomic mass is 32.1. The monoisotopic (exact) mass is 314 g/mol. The molecule has 0 fully saturated rings. The second-order valence-electron chi connectivity index (χ2n) is 4.57. The second-order valence-corrected chi connectivity index (χ2v) is 5.06. The normalized spacial score (nSPS) is 10.5. The van der Waals surface area contributed by atoms with Crippen molar-refractivity contribution in [2.45, 2.75) is 6.42 Å². The molecule has 4 nitrogen and oxygen atoms in total. The quantitative estimate of drug-likeness (QED) is 0.505. The molecule has 1 N–H and O–H groups in total. The van der Waals surface area contributed by atoms with E-state index in [-0.39, 0.29) is 0 Å². The summed E-state index contributed by atoms with van der Waals surface area (Å²) >= 11 is 5.27. The minimum atomic E-state index is 0.665. The van der Waals surface area contributed by atoms with E-state index in [1.54, 1.807) is 20.4 Å². The van der Waals surface area contributed by atoms with Crippen molar-refractivity contribution in [3.05, 3.63) is 59.7 Å². The predicted octanol–water partition coefficient (Wildman–Crippen LogP) is 3.20. The fourth-order valence-corrected chi connectivity index (χ4v) is 2.15.